The number of fused-ring (bicyclic) bond motifs is 1. The molecule has 2 aromatic heterocycles. The average molecular weight is 478 g/mol. The van der Waals surface area contributed by atoms with E-state index in [4.69, 9.17) is 4.74 Å². The van der Waals surface area contributed by atoms with Crippen LogP contribution in [0, 0.1) is 6.92 Å². The number of nitrogens with zero attached hydrogens (tertiary/aromatic N) is 4. The van der Waals surface area contributed by atoms with Crippen LogP contribution in [0.5, 0.6) is 0 Å². The maximum atomic E-state index is 13.8. The highest BCUT2D eigenvalue weighted by molar-refractivity contribution is 7.09. The van der Waals surface area contributed by atoms with Gasteiger partial charge < -0.3 is 15.0 Å². The van der Waals surface area contributed by atoms with Crippen molar-refractivity contribution in [1.82, 2.24) is 25.2 Å². The Kier molecular flexibility index (Phi) is 7.66. The molecule has 9 heteroatoms. The van der Waals surface area contributed by atoms with E-state index in [0.717, 1.165) is 21.5 Å². The largest absolute Gasteiger partial charge is 0.383 e. The summed E-state index contributed by atoms with van der Waals surface area (Å²) in [6.45, 7) is 2.96. The van der Waals surface area contributed by atoms with Gasteiger partial charge in [0.15, 0.2) is 0 Å². The zero-order valence-electron chi connectivity index (χ0n) is 19.2. The van der Waals surface area contributed by atoms with Crippen molar-refractivity contribution in [3.05, 3.63) is 82.0 Å². The van der Waals surface area contributed by atoms with Crippen molar-refractivity contribution in [2.75, 3.05) is 20.3 Å². The van der Waals surface area contributed by atoms with Crippen LogP contribution in [0.25, 0.3) is 11.0 Å². The standard InChI is InChI=1S/C25H27N5O3S/c1-18-8-3-4-10-20(18)24(25(32)26-13-14-33-2)29(16-19-9-7-15-34-19)23(31)17-30-22-12-6-5-11-21(22)27-28-30/h3-12,15,24H,13-14,16-17H2,1-2H3,(H,26,32)/t24-/m0/s1. The van der Waals surface area contributed by atoms with Crippen molar-refractivity contribution in [2.45, 2.75) is 26.1 Å². The van der Waals surface area contributed by atoms with Crippen LogP contribution in [0.2, 0.25) is 0 Å². The number of aryl methyl sites for hydroxylation is 1. The Morgan fingerprint density at radius 1 is 1.12 bits per heavy atom. The number of ether oxygens (including phenoxy) is 1. The number of nitrogens with one attached hydrogen (secondary N) is 1. The van der Waals surface area contributed by atoms with E-state index in [-0.39, 0.29) is 18.4 Å². The van der Waals surface area contributed by atoms with Crippen LogP contribution in [0.3, 0.4) is 0 Å². The number of carbonyl (C=O) groups is 2. The van der Waals surface area contributed by atoms with Gasteiger partial charge >= 0.3 is 0 Å². The van der Waals surface area contributed by atoms with Gasteiger partial charge in [-0.1, -0.05) is 47.7 Å². The van der Waals surface area contributed by atoms with Gasteiger partial charge in [-0.3, -0.25) is 9.59 Å². The molecule has 176 valence electrons. The number of benzene rings is 2. The second kappa shape index (κ2) is 11.0. The summed E-state index contributed by atoms with van der Waals surface area (Å²) >= 11 is 1.55. The molecule has 0 unspecified atom stereocenters. The van der Waals surface area contributed by atoms with Gasteiger partial charge in [0.2, 0.25) is 11.8 Å². The summed E-state index contributed by atoms with van der Waals surface area (Å²) in [7, 11) is 1.58. The Hall–Kier alpha value is -3.56. The molecule has 0 spiro atoms. The topological polar surface area (TPSA) is 89.4 Å². The summed E-state index contributed by atoms with van der Waals surface area (Å²) in [6.07, 6.45) is 0. The second-order valence-corrected chi connectivity index (χ2v) is 8.91. The number of rotatable bonds is 10. The molecule has 0 saturated heterocycles. The summed E-state index contributed by atoms with van der Waals surface area (Å²) < 4.78 is 6.67. The first kappa shape index (κ1) is 23.6. The van der Waals surface area contributed by atoms with Crippen molar-refractivity contribution in [1.29, 1.82) is 0 Å². The molecule has 0 fully saturated rings. The lowest BCUT2D eigenvalue weighted by atomic mass is 9.98. The molecule has 2 amide bonds. The lowest BCUT2D eigenvalue weighted by molar-refractivity contribution is -0.142. The predicted molar refractivity (Wildman–Crippen MR) is 131 cm³/mol. The first-order valence-corrected chi connectivity index (χ1v) is 11.9. The van der Waals surface area contributed by atoms with Crippen LogP contribution in [0.4, 0.5) is 0 Å². The van der Waals surface area contributed by atoms with Crippen LogP contribution < -0.4 is 5.32 Å². The van der Waals surface area contributed by atoms with Crippen molar-refractivity contribution in [3.8, 4) is 0 Å². The Morgan fingerprint density at radius 3 is 2.68 bits per heavy atom. The van der Waals surface area contributed by atoms with E-state index in [2.05, 4.69) is 15.6 Å². The number of amides is 2. The molecule has 0 aliphatic heterocycles. The number of aromatic nitrogens is 3. The Morgan fingerprint density at radius 2 is 1.91 bits per heavy atom. The number of hydrogen-bond acceptors (Lipinski definition) is 6. The molecule has 4 rings (SSSR count). The smallest absolute Gasteiger partial charge is 0.247 e. The molecule has 2 aromatic carbocycles. The summed E-state index contributed by atoms with van der Waals surface area (Å²) in [6, 6.07) is 18.3. The summed E-state index contributed by atoms with van der Waals surface area (Å²) in [5.74, 6) is -0.473. The molecule has 1 N–H and O–H groups in total. The van der Waals surface area contributed by atoms with Crippen LogP contribution in [-0.2, 0) is 27.4 Å². The quantitative estimate of drug-likeness (QED) is 0.354. The van der Waals surface area contributed by atoms with E-state index >= 15 is 0 Å². The van der Waals surface area contributed by atoms with E-state index in [1.54, 1.807) is 28.0 Å². The number of hydrogen-bond donors (Lipinski definition) is 1. The lowest BCUT2D eigenvalue weighted by Crippen LogP contribution is -2.45. The minimum absolute atomic E-state index is 0.0282. The van der Waals surface area contributed by atoms with E-state index in [9.17, 15) is 9.59 Å². The first-order chi connectivity index (χ1) is 16.6. The second-order valence-electron chi connectivity index (χ2n) is 7.88. The van der Waals surface area contributed by atoms with Crippen molar-refractivity contribution < 1.29 is 14.3 Å². The highest BCUT2D eigenvalue weighted by Gasteiger charge is 2.33. The van der Waals surface area contributed by atoms with Gasteiger partial charge in [-0.15, -0.1) is 16.4 Å². The summed E-state index contributed by atoms with van der Waals surface area (Å²) in [5.41, 5.74) is 3.20. The Bertz CT molecular complexity index is 1250. The molecule has 0 aliphatic carbocycles. The third kappa shape index (κ3) is 5.32. The molecular weight excluding hydrogens is 450 g/mol. The van der Waals surface area contributed by atoms with Gasteiger partial charge in [-0.2, -0.15) is 0 Å². The van der Waals surface area contributed by atoms with Gasteiger partial charge in [0.1, 0.15) is 18.1 Å². The van der Waals surface area contributed by atoms with Gasteiger partial charge in [0.25, 0.3) is 0 Å². The molecule has 4 aromatic rings. The summed E-state index contributed by atoms with van der Waals surface area (Å²) in [5, 5.41) is 13.2. The van der Waals surface area contributed by atoms with E-state index in [1.165, 1.54) is 0 Å². The fraction of sp³-hybridized carbons (Fsp3) is 0.280. The van der Waals surface area contributed by atoms with Crippen molar-refractivity contribution in [2.24, 2.45) is 0 Å². The number of thiophene rings is 1. The first-order valence-electron chi connectivity index (χ1n) is 11.0. The SMILES string of the molecule is COCCNC(=O)[C@H](c1ccccc1C)N(Cc1cccs1)C(=O)Cn1nnc2ccccc21. The van der Waals surface area contributed by atoms with E-state index < -0.39 is 6.04 Å². The van der Waals surface area contributed by atoms with Crippen LogP contribution in [-0.4, -0.2) is 52.0 Å². The van der Waals surface area contributed by atoms with Gasteiger partial charge in [-0.25, -0.2) is 4.68 Å². The van der Waals surface area contributed by atoms with Crippen molar-refractivity contribution in [3.63, 3.8) is 0 Å². The number of carbonyl (C=O) groups excluding carboxylic acids is 2. The molecular formula is C25H27N5O3S. The molecule has 34 heavy (non-hydrogen) atoms. The van der Waals surface area contributed by atoms with Gasteiger partial charge in [0, 0.05) is 18.5 Å². The molecule has 0 bridgehead atoms. The molecule has 0 radical (unpaired) electrons. The zero-order valence-corrected chi connectivity index (χ0v) is 20.0. The maximum absolute atomic E-state index is 13.8. The normalized spacial score (nSPS) is 11.9. The molecule has 0 saturated carbocycles. The van der Waals surface area contributed by atoms with Crippen LogP contribution in [0.1, 0.15) is 22.0 Å². The Balaban J connectivity index is 1.71. The van der Waals surface area contributed by atoms with Crippen LogP contribution >= 0.6 is 11.3 Å². The maximum Gasteiger partial charge on any atom is 0.247 e. The van der Waals surface area contributed by atoms with Crippen molar-refractivity contribution >= 4 is 34.2 Å². The highest BCUT2D eigenvalue weighted by atomic mass is 32.1. The fourth-order valence-corrected chi connectivity index (χ4v) is 4.57. The van der Waals surface area contributed by atoms with E-state index in [0.29, 0.717) is 25.2 Å². The van der Waals surface area contributed by atoms with Gasteiger partial charge in [0.05, 0.1) is 18.7 Å². The minimum atomic E-state index is -0.803. The molecule has 0 aliphatic rings. The van der Waals surface area contributed by atoms with E-state index in [1.807, 2.05) is 73.0 Å². The van der Waals surface area contributed by atoms with Gasteiger partial charge in [-0.05, 0) is 41.6 Å². The Labute approximate surface area is 202 Å². The average Bonchev–Trinajstić information content (AvgIpc) is 3.50. The third-order valence-electron chi connectivity index (χ3n) is 5.58. The fourth-order valence-electron chi connectivity index (χ4n) is 3.86. The highest BCUT2D eigenvalue weighted by Crippen LogP contribution is 2.28. The monoisotopic (exact) mass is 477 g/mol. The number of methoxy groups -OCH3 is 1. The molecule has 2 heterocycles. The zero-order chi connectivity index (χ0) is 23.9. The lowest BCUT2D eigenvalue weighted by Gasteiger charge is -2.32. The third-order valence-corrected chi connectivity index (χ3v) is 6.44. The summed E-state index contributed by atoms with van der Waals surface area (Å²) in [4.78, 5) is 29.9. The number of para-hydroxylation sites is 1. The molecule has 1 atom stereocenters. The predicted octanol–water partition coefficient (Wildman–Crippen LogP) is 3.33. The van der Waals surface area contributed by atoms with Crippen LogP contribution in [0.15, 0.2) is 66.0 Å². The molecule has 8 nitrogen and oxygen atoms in total. The minimum Gasteiger partial charge on any atom is -0.383 e.